The van der Waals surface area contributed by atoms with Crippen molar-refractivity contribution in [2.75, 3.05) is 0 Å². The molecule has 3 rings (SSSR count). The van der Waals surface area contributed by atoms with Gasteiger partial charge in [0.15, 0.2) is 0 Å². The maximum Gasteiger partial charge on any atom is 0.259 e. The van der Waals surface area contributed by atoms with Crippen LogP contribution in [0.25, 0.3) is 0 Å². The third-order valence-electron chi connectivity index (χ3n) is 3.45. The molecular weight excluding hydrogens is 268 g/mol. The summed E-state index contributed by atoms with van der Waals surface area (Å²) >= 11 is 5.47. The fourth-order valence-corrected chi connectivity index (χ4v) is 3.00. The minimum Gasteiger partial charge on any atom is -0.292 e. The van der Waals surface area contributed by atoms with Gasteiger partial charge in [0.25, 0.3) is 5.91 Å². The van der Waals surface area contributed by atoms with Crippen LogP contribution in [-0.4, -0.2) is 20.8 Å². The lowest BCUT2D eigenvalue weighted by Crippen LogP contribution is -2.30. The van der Waals surface area contributed by atoms with Crippen LogP contribution in [0.3, 0.4) is 0 Å². The molecule has 0 aliphatic carbocycles. The summed E-state index contributed by atoms with van der Waals surface area (Å²) in [7, 11) is 0. The van der Waals surface area contributed by atoms with Gasteiger partial charge in [-0.15, -0.1) is 0 Å². The third kappa shape index (κ3) is 2.02. The largest absolute Gasteiger partial charge is 0.292 e. The zero-order valence-electron chi connectivity index (χ0n) is 11.4. The predicted octanol–water partition coefficient (Wildman–Crippen LogP) is 3.03. The normalized spacial score (nSPS) is 13.5. The summed E-state index contributed by atoms with van der Waals surface area (Å²) < 4.78 is 0. The number of pyridine rings is 1. The van der Waals surface area contributed by atoms with Crippen molar-refractivity contribution < 1.29 is 4.79 Å². The Morgan fingerprint density at radius 2 is 1.95 bits per heavy atom. The van der Waals surface area contributed by atoms with E-state index in [2.05, 4.69) is 4.98 Å². The van der Waals surface area contributed by atoms with E-state index in [1.807, 2.05) is 38.1 Å². The van der Waals surface area contributed by atoms with E-state index in [0.717, 1.165) is 22.5 Å². The maximum atomic E-state index is 12.5. The van der Waals surface area contributed by atoms with Crippen LogP contribution >= 0.6 is 12.2 Å². The average Bonchev–Trinajstić information content (AvgIpc) is 2.76. The molecule has 1 amide bonds. The Hall–Kier alpha value is -2.07. The lowest BCUT2D eigenvalue weighted by molar-refractivity contribution is 0.0847. The topological polar surface area (TPSA) is 33.2 Å². The van der Waals surface area contributed by atoms with Crippen LogP contribution in [0.15, 0.2) is 36.4 Å². The average molecular weight is 282 g/mol. The first-order valence-corrected chi connectivity index (χ1v) is 6.87. The first-order valence-electron chi connectivity index (χ1n) is 6.46. The summed E-state index contributed by atoms with van der Waals surface area (Å²) in [6.45, 7) is 4.43. The monoisotopic (exact) mass is 282 g/mol. The summed E-state index contributed by atoms with van der Waals surface area (Å²) in [5.41, 5.74) is 4.53. The van der Waals surface area contributed by atoms with E-state index >= 15 is 0 Å². The highest BCUT2D eigenvalue weighted by Crippen LogP contribution is 2.27. The third-order valence-corrected chi connectivity index (χ3v) is 3.88. The second-order valence-corrected chi connectivity index (χ2v) is 5.35. The highest BCUT2D eigenvalue weighted by molar-refractivity contribution is 7.80. The summed E-state index contributed by atoms with van der Waals surface area (Å²) in [5, 5.41) is 0. The summed E-state index contributed by atoms with van der Waals surface area (Å²) in [6, 6.07) is 11.2. The van der Waals surface area contributed by atoms with Gasteiger partial charge in [-0.25, -0.2) is 0 Å². The Morgan fingerprint density at radius 1 is 1.25 bits per heavy atom. The molecule has 4 heteroatoms. The number of fused-ring (bicyclic) bond motifs is 1. The van der Waals surface area contributed by atoms with Gasteiger partial charge >= 0.3 is 0 Å². The van der Waals surface area contributed by atoms with Crippen molar-refractivity contribution in [1.82, 2.24) is 9.88 Å². The number of thiocarbonyl (C=S) groups is 1. The molecule has 0 saturated heterocycles. The molecule has 20 heavy (non-hydrogen) atoms. The Bertz CT molecular complexity index is 710. The van der Waals surface area contributed by atoms with Gasteiger partial charge in [-0.05, 0) is 37.6 Å². The molecule has 0 atom stereocenters. The molecule has 0 fully saturated rings. The molecule has 1 aromatic carbocycles. The number of rotatable bonds is 1. The lowest BCUT2D eigenvalue weighted by Gasteiger charge is -2.15. The first kappa shape index (κ1) is 12.9. The van der Waals surface area contributed by atoms with Crippen molar-refractivity contribution in [3.63, 3.8) is 0 Å². The first-order chi connectivity index (χ1) is 9.58. The lowest BCUT2D eigenvalue weighted by atomic mass is 10.1. The summed E-state index contributed by atoms with van der Waals surface area (Å²) in [5.74, 6) is -0.0642. The Labute approximate surface area is 123 Å². The highest BCUT2D eigenvalue weighted by Gasteiger charge is 2.31. The van der Waals surface area contributed by atoms with Crippen molar-refractivity contribution in [1.29, 1.82) is 0 Å². The summed E-state index contributed by atoms with van der Waals surface area (Å²) in [6.07, 6.45) is 0. The molecular formula is C16H14N2OS. The quantitative estimate of drug-likeness (QED) is 0.754. The number of carbonyl (C=O) groups is 1. The number of benzene rings is 1. The van der Waals surface area contributed by atoms with Crippen molar-refractivity contribution in [2.45, 2.75) is 20.4 Å². The number of nitrogens with zero attached hydrogens (tertiary/aromatic N) is 2. The van der Waals surface area contributed by atoms with Gasteiger partial charge in [-0.2, -0.15) is 0 Å². The standard InChI is InChI=1S/C16H14N2OS/c1-10-8-11(2)17-13-9-18(16(20)14(10)13)15(19)12-6-4-3-5-7-12/h3-8H,9H2,1-2H3. The SMILES string of the molecule is Cc1cc(C)c2c(n1)CN(C(=O)c1ccccc1)C2=S. The molecule has 0 bridgehead atoms. The Morgan fingerprint density at radius 3 is 2.65 bits per heavy atom. The molecule has 0 spiro atoms. The molecule has 1 aliphatic rings. The van der Waals surface area contributed by atoms with Crippen LogP contribution in [0.2, 0.25) is 0 Å². The molecule has 1 aromatic heterocycles. The van der Waals surface area contributed by atoms with Crippen molar-refractivity contribution in [3.8, 4) is 0 Å². The van der Waals surface area contributed by atoms with Crippen LogP contribution in [0.1, 0.15) is 32.9 Å². The fourth-order valence-electron chi connectivity index (χ4n) is 2.58. The van der Waals surface area contributed by atoms with Crippen LogP contribution in [-0.2, 0) is 6.54 Å². The van der Waals surface area contributed by atoms with Crippen molar-refractivity contribution in [3.05, 3.63) is 64.5 Å². The van der Waals surface area contributed by atoms with Crippen LogP contribution < -0.4 is 0 Å². The van der Waals surface area contributed by atoms with Gasteiger partial charge < -0.3 is 0 Å². The van der Waals surface area contributed by atoms with E-state index in [1.54, 1.807) is 17.0 Å². The van der Waals surface area contributed by atoms with Gasteiger partial charge in [-0.3, -0.25) is 14.7 Å². The minimum atomic E-state index is -0.0642. The maximum absolute atomic E-state index is 12.5. The molecule has 2 heterocycles. The van der Waals surface area contributed by atoms with Crippen LogP contribution in [0.5, 0.6) is 0 Å². The Balaban J connectivity index is 1.99. The van der Waals surface area contributed by atoms with Gasteiger partial charge in [0.1, 0.15) is 4.99 Å². The van der Waals surface area contributed by atoms with Crippen molar-refractivity contribution >= 4 is 23.1 Å². The highest BCUT2D eigenvalue weighted by atomic mass is 32.1. The number of hydrogen-bond acceptors (Lipinski definition) is 3. The van der Waals surface area contributed by atoms with E-state index in [1.165, 1.54) is 0 Å². The molecule has 100 valence electrons. The van der Waals surface area contributed by atoms with E-state index in [4.69, 9.17) is 12.2 Å². The Kier molecular flexibility index (Phi) is 3.10. The fraction of sp³-hybridized carbons (Fsp3) is 0.188. The molecule has 0 unspecified atom stereocenters. The van der Waals surface area contributed by atoms with E-state index in [9.17, 15) is 4.79 Å². The molecule has 3 nitrogen and oxygen atoms in total. The van der Waals surface area contributed by atoms with Crippen molar-refractivity contribution in [2.24, 2.45) is 0 Å². The van der Waals surface area contributed by atoms with E-state index < -0.39 is 0 Å². The molecule has 0 saturated carbocycles. The zero-order valence-corrected chi connectivity index (χ0v) is 12.2. The minimum absolute atomic E-state index is 0.0642. The number of amides is 1. The molecule has 1 aliphatic heterocycles. The van der Waals surface area contributed by atoms with Crippen LogP contribution in [0, 0.1) is 13.8 Å². The van der Waals surface area contributed by atoms with Gasteiger partial charge in [0, 0.05) is 16.8 Å². The number of aromatic nitrogens is 1. The predicted molar refractivity (Wildman–Crippen MR) is 81.7 cm³/mol. The van der Waals surface area contributed by atoms with E-state index in [-0.39, 0.29) is 5.91 Å². The molecule has 2 aromatic rings. The zero-order chi connectivity index (χ0) is 14.3. The number of hydrogen-bond donors (Lipinski definition) is 0. The number of aryl methyl sites for hydroxylation is 2. The van der Waals surface area contributed by atoms with E-state index in [0.29, 0.717) is 17.1 Å². The summed E-state index contributed by atoms with van der Waals surface area (Å²) in [4.78, 5) is 19.3. The number of carbonyl (C=O) groups excluding carboxylic acids is 1. The second kappa shape index (κ2) is 4.80. The van der Waals surface area contributed by atoms with Gasteiger partial charge in [0.05, 0.1) is 12.2 Å². The molecule has 0 N–H and O–H groups in total. The molecule has 0 radical (unpaired) electrons. The smallest absolute Gasteiger partial charge is 0.259 e. The van der Waals surface area contributed by atoms with Crippen LogP contribution in [0.4, 0.5) is 0 Å². The van der Waals surface area contributed by atoms with Gasteiger partial charge in [-0.1, -0.05) is 30.4 Å². The van der Waals surface area contributed by atoms with Gasteiger partial charge in [0.2, 0.25) is 0 Å². The second-order valence-electron chi connectivity index (χ2n) is 4.96.